The van der Waals surface area contributed by atoms with Crippen LogP contribution in [0.4, 0.5) is 0 Å². The van der Waals surface area contributed by atoms with Gasteiger partial charge in [0.2, 0.25) is 5.43 Å². The Morgan fingerprint density at radius 2 is 1.92 bits per heavy atom. The molecule has 0 fully saturated rings. The standard InChI is InChI=1S/C26H27NO8S/c1-15-24(16-4-7-20-22(12-16)33-10-3-9-32-20)25(29)18-6-5-17(13-21(18)35-15)34-14-23(28)27-19(26(30)31)8-11-36-2/h4-7,12-13,19H,3,8-11,14H2,1-2H3,(H,27,28)(H,30,31)/t19-/m1/s1. The van der Waals surface area contributed by atoms with E-state index in [4.69, 9.17) is 18.6 Å². The van der Waals surface area contributed by atoms with Crippen LogP contribution in [-0.4, -0.2) is 54.9 Å². The van der Waals surface area contributed by atoms with E-state index in [1.165, 1.54) is 17.8 Å². The van der Waals surface area contributed by atoms with Gasteiger partial charge in [0.05, 0.1) is 24.2 Å². The van der Waals surface area contributed by atoms with Gasteiger partial charge in [0.25, 0.3) is 5.91 Å². The number of amides is 1. The number of aryl methyl sites for hydroxylation is 1. The third kappa shape index (κ3) is 5.76. The Hall–Kier alpha value is -3.66. The van der Waals surface area contributed by atoms with Crippen LogP contribution in [0.1, 0.15) is 18.6 Å². The number of nitrogens with one attached hydrogen (secondary N) is 1. The van der Waals surface area contributed by atoms with E-state index in [0.717, 1.165) is 6.42 Å². The first kappa shape index (κ1) is 25.4. The summed E-state index contributed by atoms with van der Waals surface area (Å²) in [5.41, 5.74) is 1.21. The quantitative estimate of drug-likeness (QED) is 0.441. The Kier molecular flexibility index (Phi) is 8.04. The fourth-order valence-corrected chi connectivity index (χ4v) is 4.38. The van der Waals surface area contributed by atoms with E-state index in [-0.39, 0.29) is 12.0 Å². The number of thioether (sulfide) groups is 1. The lowest BCUT2D eigenvalue weighted by atomic mass is 10.0. The highest BCUT2D eigenvalue weighted by atomic mass is 32.2. The summed E-state index contributed by atoms with van der Waals surface area (Å²) in [5, 5.41) is 12.1. The molecule has 9 nitrogen and oxygen atoms in total. The molecule has 1 aliphatic rings. The highest BCUT2D eigenvalue weighted by Gasteiger charge is 2.20. The molecule has 2 N–H and O–H groups in total. The second-order valence-corrected chi connectivity index (χ2v) is 9.25. The monoisotopic (exact) mass is 513 g/mol. The van der Waals surface area contributed by atoms with E-state index in [1.807, 2.05) is 6.26 Å². The SMILES string of the molecule is CSCC[C@@H](NC(=O)COc1ccc2c(=O)c(-c3ccc4c(c3)OCCCO4)c(C)oc2c1)C(=O)O. The van der Waals surface area contributed by atoms with Crippen LogP contribution >= 0.6 is 11.8 Å². The molecule has 3 aromatic rings. The third-order valence-corrected chi connectivity index (χ3v) is 6.33. The molecule has 1 amide bonds. The van der Waals surface area contributed by atoms with E-state index < -0.39 is 17.9 Å². The molecular formula is C26H27NO8S. The Morgan fingerprint density at radius 1 is 1.14 bits per heavy atom. The zero-order chi connectivity index (χ0) is 25.7. The molecule has 0 spiro atoms. The van der Waals surface area contributed by atoms with Crippen LogP contribution in [0.15, 0.2) is 45.6 Å². The first-order chi connectivity index (χ1) is 17.4. The zero-order valence-electron chi connectivity index (χ0n) is 20.0. The van der Waals surface area contributed by atoms with Gasteiger partial charge in [-0.2, -0.15) is 11.8 Å². The van der Waals surface area contributed by atoms with Gasteiger partial charge in [-0.3, -0.25) is 9.59 Å². The van der Waals surface area contributed by atoms with Crippen molar-refractivity contribution in [2.24, 2.45) is 0 Å². The normalized spacial score (nSPS) is 13.6. The number of carboxylic acids is 1. The number of hydrogen-bond donors (Lipinski definition) is 2. The van der Waals surface area contributed by atoms with Crippen LogP contribution in [0, 0.1) is 6.92 Å². The minimum absolute atomic E-state index is 0.203. The Labute approximate surface area is 211 Å². The number of ether oxygens (including phenoxy) is 3. The van der Waals surface area contributed by atoms with Crippen molar-refractivity contribution in [3.8, 4) is 28.4 Å². The molecule has 0 radical (unpaired) electrons. The summed E-state index contributed by atoms with van der Waals surface area (Å²) in [6.45, 7) is 2.46. The van der Waals surface area contributed by atoms with Gasteiger partial charge >= 0.3 is 5.97 Å². The van der Waals surface area contributed by atoms with Crippen molar-refractivity contribution in [3.63, 3.8) is 0 Å². The fraction of sp³-hybridized carbons (Fsp3) is 0.346. The molecule has 0 bridgehead atoms. The van der Waals surface area contributed by atoms with Crippen LogP contribution in [0.5, 0.6) is 17.2 Å². The maximum atomic E-state index is 13.3. The summed E-state index contributed by atoms with van der Waals surface area (Å²) in [6.07, 6.45) is 2.96. The first-order valence-corrected chi connectivity index (χ1v) is 12.9. The van der Waals surface area contributed by atoms with E-state index >= 15 is 0 Å². The summed E-state index contributed by atoms with van der Waals surface area (Å²) in [6, 6.07) is 9.09. The van der Waals surface area contributed by atoms with Crippen molar-refractivity contribution in [1.82, 2.24) is 5.32 Å². The van der Waals surface area contributed by atoms with Gasteiger partial charge in [-0.25, -0.2) is 4.79 Å². The first-order valence-electron chi connectivity index (χ1n) is 11.5. The number of rotatable bonds is 9. The predicted octanol–water partition coefficient (Wildman–Crippen LogP) is 3.63. The van der Waals surface area contributed by atoms with Gasteiger partial charge in [-0.15, -0.1) is 0 Å². The number of carbonyl (C=O) groups is 2. The Balaban J connectivity index is 1.52. The molecule has 10 heteroatoms. The van der Waals surface area contributed by atoms with Crippen molar-refractivity contribution in [2.45, 2.75) is 25.8 Å². The molecule has 4 rings (SSSR count). The number of fused-ring (bicyclic) bond motifs is 2. The van der Waals surface area contributed by atoms with Crippen molar-refractivity contribution in [1.29, 1.82) is 0 Å². The van der Waals surface area contributed by atoms with Crippen LogP contribution in [0.2, 0.25) is 0 Å². The second-order valence-electron chi connectivity index (χ2n) is 8.26. The van der Waals surface area contributed by atoms with Gasteiger partial charge in [0, 0.05) is 12.5 Å². The lowest BCUT2D eigenvalue weighted by molar-refractivity contribution is -0.142. The molecule has 2 heterocycles. The summed E-state index contributed by atoms with van der Waals surface area (Å²) >= 11 is 1.50. The van der Waals surface area contributed by atoms with Gasteiger partial charge < -0.3 is 29.1 Å². The van der Waals surface area contributed by atoms with Crippen molar-refractivity contribution >= 4 is 34.6 Å². The molecule has 190 valence electrons. The minimum Gasteiger partial charge on any atom is -0.490 e. The number of carbonyl (C=O) groups excluding carboxylic acids is 1. The number of hydrogen-bond acceptors (Lipinski definition) is 8. The van der Waals surface area contributed by atoms with Crippen LogP contribution in [-0.2, 0) is 9.59 Å². The number of carboxylic acid groups (broad SMARTS) is 1. The van der Waals surface area contributed by atoms with Crippen LogP contribution in [0.25, 0.3) is 22.1 Å². The van der Waals surface area contributed by atoms with Crippen molar-refractivity contribution < 1.29 is 33.3 Å². The van der Waals surface area contributed by atoms with Crippen LogP contribution < -0.4 is 25.0 Å². The fourth-order valence-electron chi connectivity index (χ4n) is 3.91. The highest BCUT2D eigenvalue weighted by Crippen LogP contribution is 2.35. The third-order valence-electron chi connectivity index (χ3n) is 5.69. The van der Waals surface area contributed by atoms with Crippen molar-refractivity contribution in [2.75, 3.05) is 31.8 Å². The summed E-state index contributed by atoms with van der Waals surface area (Å²) in [7, 11) is 0. The topological polar surface area (TPSA) is 124 Å². The van der Waals surface area contributed by atoms with Crippen LogP contribution in [0.3, 0.4) is 0 Å². The van der Waals surface area contributed by atoms with E-state index in [1.54, 1.807) is 37.3 Å². The summed E-state index contributed by atoms with van der Waals surface area (Å²) in [4.78, 5) is 36.9. The largest absolute Gasteiger partial charge is 0.490 e. The minimum atomic E-state index is -1.09. The van der Waals surface area contributed by atoms with Gasteiger partial charge in [-0.1, -0.05) is 6.07 Å². The maximum Gasteiger partial charge on any atom is 0.326 e. The van der Waals surface area contributed by atoms with Gasteiger partial charge in [0.1, 0.15) is 23.1 Å². The average Bonchev–Trinajstić information content (AvgIpc) is 3.10. The predicted molar refractivity (Wildman–Crippen MR) is 136 cm³/mol. The maximum absolute atomic E-state index is 13.3. The molecule has 0 saturated heterocycles. The molecular weight excluding hydrogens is 486 g/mol. The summed E-state index contributed by atoms with van der Waals surface area (Å²) in [5.74, 6) is 0.939. The number of aliphatic carboxylic acids is 1. The van der Waals surface area contributed by atoms with E-state index in [0.29, 0.717) is 70.5 Å². The summed E-state index contributed by atoms with van der Waals surface area (Å²) < 4.78 is 22.9. The molecule has 0 saturated carbocycles. The second kappa shape index (κ2) is 11.4. The van der Waals surface area contributed by atoms with Crippen molar-refractivity contribution in [3.05, 3.63) is 52.4 Å². The molecule has 0 aliphatic carbocycles. The average molecular weight is 514 g/mol. The molecule has 1 atom stereocenters. The molecule has 0 unspecified atom stereocenters. The molecule has 1 aliphatic heterocycles. The molecule has 1 aromatic heterocycles. The van der Waals surface area contributed by atoms with E-state index in [9.17, 15) is 19.5 Å². The lowest BCUT2D eigenvalue weighted by Crippen LogP contribution is -2.43. The zero-order valence-corrected chi connectivity index (χ0v) is 20.8. The molecule has 2 aromatic carbocycles. The Bertz CT molecular complexity index is 1340. The van der Waals surface area contributed by atoms with Gasteiger partial charge in [0.15, 0.2) is 18.1 Å². The van der Waals surface area contributed by atoms with Gasteiger partial charge in [-0.05, 0) is 55.2 Å². The number of benzene rings is 2. The highest BCUT2D eigenvalue weighted by molar-refractivity contribution is 7.98. The lowest BCUT2D eigenvalue weighted by Gasteiger charge is -2.14. The smallest absolute Gasteiger partial charge is 0.326 e. The Morgan fingerprint density at radius 3 is 2.67 bits per heavy atom. The van der Waals surface area contributed by atoms with E-state index in [2.05, 4.69) is 5.32 Å². The molecule has 36 heavy (non-hydrogen) atoms.